The van der Waals surface area contributed by atoms with Crippen molar-refractivity contribution in [2.24, 2.45) is 0 Å². The molecule has 8 heteroatoms. The molecule has 1 amide bonds. The Labute approximate surface area is 183 Å². The number of carbonyl (C=O) groups is 2. The lowest BCUT2D eigenvalue weighted by atomic mass is 9.68. The van der Waals surface area contributed by atoms with Crippen LogP contribution in [-0.2, 0) is 10.2 Å². The fourth-order valence-electron chi connectivity index (χ4n) is 4.87. The van der Waals surface area contributed by atoms with E-state index in [1.165, 1.54) is 11.0 Å². The van der Waals surface area contributed by atoms with Crippen LogP contribution in [-0.4, -0.2) is 36.1 Å². The highest BCUT2D eigenvalue weighted by Gasteiger charge is 2.53. The Morgan fingerprint density at radius 2 is 1.84 bits per heavy atom. The number of nitrogens with zero attached hydrogens (tertiary/aromatic N) is 1. The molecular formula is C23H21ClF2N2O3. The van der Waals surface area contributed by atoms with Gasteiger partial charge in [-0.15, -0.1) is 0 Å². The number of nitrogens with one attached hydrogen (secondary N) is 1. The fraction of sp³-hybridized carbons (Fsp3) is 0.304. The van der Waals surface area contributed by atoms with Crippen LogP contribution < -0.4 is 10.2 Å². The molecule has 2 aliphatic rings. The minimum absolute atomic E-state index is 0.0382. The molecule has 2 aromatic carbocycles. The molecule has 31 heavy (non-hydrogen) atoms. The molecule has 0 aliphatic carbocycles. The van der Waals surface area contributed by atoms with Gasteiger partial charge in [0, 0.05) is 28.1 Å². The number of anilines is 1. The second-order valence-electron chi connectivity index (χ2n) is 7.97. The molecule has 0 radical (unpaired) electrons. The lowest BCUT2D eigenvalue weighted by Crippen LogP contribution is -2.52. The molecule has 4 rings (SSSR count). The summed E-state index contributed by atoms with van der Waals surface area (Å²) in [6.45, 7) is 4.95. The van der Waals surface area contributed by atoms with Crippen molar-refractivity contribution in [3.63, 3.8) is 0 Å². The molecule has 2 heterocycles. The van der Waals surface area contributed by atoms with E-state index in [-0.39, 0.29) is 12.0 Å². The lowest BCUT2D eigenvalue weighted by molar-refractivity contribution is -0.132. The summed E-state index contributed by atoms with van der Waals surface area (Å²) in [5.74, 6) is -3.97. The minimum atomic E-state index is -1.18. The first kappa shape index (κ1) is 21.5. The average molecular weight is 447 g/mol. The molecule has 2 N–H and O–H groups in total. The minimum Gasteiger partial charge on any atom is -0.478 e. The molecule has 0 aromatic heterocycles. The zero-order valence-corrected chi connectivity index (χ0v) is 17.4. The SMILES string of the molecule is C=C(C[C@H]1N(C(=O)c2c(F)cccc2F)c2ccc(Cl)cc2C12CCNCC2)C(=O)O. The van der Waals surface area contributed by atoms with E-state index in [2.05, 4.69) is 11.9 Å². The van der Waals surface area contributed by atoms with E-state index in [9.17, 15) is 23.5 Å². The summed E-state index contributed by atoms with van der Waals surface area (Å²) in [4.78, 5) is 26.5. The highest BCUT2D eigenvalue weighted by atomic mass is 35.5. The molecule has 1 fully saturated rings. The number of fused-ring (bicyclic) bond motifs is 2. The standard InChI is InChI=1S/C23H21ClF2N2O3/c1-13(22(30)31)11-19-23(7-9-27-10-8-23)15-12-14(24)5-6-18(15)28(19)21(29)20-16(25)3-2-4-17(20)26/h2-6,12,19,27H,1,7-11H2,(H,30,31)/t19-/m1/s1. The molecule has 2 aromatic rings. The fourth-order valence-corrected chi connectivity index (χ4v) is 5.04. The summed E-state index contributed by atoms with van der Waals surface area (Å²) in [6, 6.07) is 7.61. The first-order valence-electron chi connectivity index (χ1n) is 9.95. The first-order valence-corrected chi connectivity index (χ1v) is 10.3. The third-order valence-corrected chi connectivity index (χ3v) is 6.57. The van der Waals surface area contributed by atoms with E-state index in [1.807, 2.05) is 0 Å². The normalized spacial score (nSPS) is 19.3. The number of carbonyl (C=O) groups excluding carboxylic acids is 1. The van der Waals surface area contributed by atoms with E-state index in [4.69, 9.17) is 11.6 Å². The maximum absolute atomic E-state index is 14.5. The van der Waals surface area contributed by atoms with Crippen molar-refractivity contribution in [1.29, 1.82) is 0 Å². The van der Waals surface area contributed by atoms with Gasteiger partial charge in [-0.2, -0.15) is 0 Å². The van der Waals surface area contributed by atoms with Crippen molar-refractivity contribution in [2.75, 3.05) is 18.0 Å². The molecule has 1 atom stereocenters. The second kappa shape index (κ2) is 8.05. The highest BCUT2D eigenvalue weighted by Crippen LogP contribution is 2.53. The quantitative estimate of drug-likeness (QED) is 0.687. The van der Waals surface area contributed by atoms with Crippen LogP contribution in [0.1, 0.15) is 35.2 Å². The van der Waals surface area contributed by atoms with Crippen LogP contribution >= 0.6 is 11.6 Å². The molecule has 162 valence electrons. The molecule has 2 aliphatic heterocycles. The summed E-state index contributed by atoms with van der Waals surface area (Å²) in [7, 11) is 0. The molecule has 1 spiro atoms. The number of benzene rings is 2. The van der Waals surface area contributed by atoms with Crippen molar-refractivity contribution in [3.05, 3.63) is 76.3 Å². The van der Waals surface area contributed by atoms with E-state index in [0.29, 0.717) is 36.6 Å². The largest absolute Gasteiger partial charge is 0.478 e. The third-order valence-electron chi connectivity index (χ3n) is 6.34. The number of amides is 1. The van der Waals surface area contributed by atoms with Gasteiger partial charge in [-0.05, 0) is 61.8 Å². The maximum Gasteiger partial charge on any atom is 0.331 e. The van der Waals surface area contributed by atoms with Crippen molar-refractivity contribution in [3.8, 4) is 0 Å². The number of piperidine rings is 1. The summed E-state index contributed by atoms with van der Waals surface area (Å²) in [5, 5.41) is 13.2. The lowest BCUT2D eigenvalue weighted by Gasteiger charge is -2.42. The van der Waals surface area contributed by atoms with Gasteiger partial charge in [0.1, 0.15) is 17.2 Å². The van der Waals surface area contributed by atoms with Gasteiger partial charge in [-0.1, -0.05) is 24.2 Å². The van der Waals surface area contributed by atoms with Crippen LogP contribution in [0.5, 0.6) is 0 Å². The van der Waals surface area contributed by atoms with Crippen LogP contribution in [0.25, 0.3) is 0 Å². The topological polar surface area (TPSA) is 69.6 Å². The number of halogens is 3. The molecule has 0 saturated carbocycles. The average Bonchev–Trinajstić information content (AvgIpc) is 2.97. The van der Waals surface area contributed by atoms with Crippen LogP contribution in [0.15, 0.2) is 48.6 Å². The highest BCUT2D eigenvalue weighted by molar-refractivity contribution is 6.30. The third kappa shape index (κ3) is 3.51. The smallest absolute Gasteiger partial charge is 0.331 e. The Balaban J connectivity index is 1.92. The zero-order chi connectivity index (χ0) is 22.3. The Kier molecular flexibility index (Phi) is 5.58. The van der Waals surface area contributed by atoms with E-state index in [1.54, 1.807) is 18.2 Å². The van der Waals surface area contributed by atoms with Crippen LogP contribution in [0, 0.1) is 11.6 Å². The Morgan fingerprint density at radius 1 is 1.19 bits per heavy atom. The van der Waals surface area contributed by atoms with Gasteiger partial charge < -0.3 is 15.3 Å². The van der Waals surface area contributed by atoms with Crippen LogP contribution in [0.3, 0.4) is 0 Å². The van der Waals surface area contributed by atoms with Crippen molar-refractivity contribution in [1.82, 2.24) is 5.32 Å². The monoisotopic (exact) mass is 446 g/mol. The number of aliphatic carboxylic acids is 1. The van der Waals surface area contributed by atoms with E-state index >= 15 is 0 Å². The van der Waals surface area contributed by atoms with E-state index in [0.717, 1.165) is 17.7 Å². The van der Waals surface area contributed by atoms with Gasteiger partial charge in [-0.25, -0.2) is 13.6 Å². The van der Waals surface area contributed by atoms with Crippen LogP contribution in [0.4, 0.5) is 14.5 Å². The molecule has 1 saturated heterocycles. The van der Waals surface area contributed by atoms with Gasteiger partial charge in [-0.3, -0.25) is 4.79 Å². The number of carboxylic acid groups (broad SMARTS) is 1. The maximum atomic E-state index is 14.5. The number of hydrogen-bond donors (Lipinski definition) is 2. The number of hydrogen-bond acceptors (Lipinski definition) is 3. The number of carboxylic acids is 1. The summed E-state index contributed by atoms with van der Waals surface area (Å²) < 4.78 is 29.0. The van der Waals surface area contributed by atoms with Crippen LogP contribution in [0.2, 0.25) is 5.02 Å². The molecule has 0 unspecified atom stereocenters. The molecule has 0 bridgehead atoms. The first-order chi connectivity index (χ1) is 14.8. The predicted molar refractivity (Wildman–Crippen MR) is 114 cm³/mol. The second-order valence-corrected chi connectivity index (χ2v) is 8.40. The molecular weight excluding hydrogens is 426 g/mol. The van der Waals surface area contributed by atoms with Gasteiger partial charge in [0.05, 0.1) is 6.04 Å². The van der Waals surface area contributed by atoms with E-state index < -0.39 is 40.5 Å². The van der Waals surface area contributed by atoms with Gasteiger partial charge >= 0.3 is 5.97 Å². The van der Waals surface area contributed by atoms with Crippen molar-refractivity contribution in [2.45, 2.75) is 30.7 Å². The van der Waals surface area contributed by atoms with Gasteiger partial charge in [0.2, 0.25) is 0 Å². The van der Waals surface area contributed by atoms with Gasteiger partial charge in [0.25, 0.3) is 5.91 Å². The van der Waals surface area contributed by atoms with Crippen molar-refractivity contribution < 1.29 is 23.5 Å². The van der Waals surface area contributed by atoms with Gasteiger partial charge in [0.15, 0.2) is 0 Å². The zero-order valence-electron chi connectivity index (χ0n) is 16.6. The predicted octanol–water partition coefficient (Wildman–Crippen LogP) is 4.30. The Bertz CT molecular complexity index is 1060. The van der Waals surface area contributed by atoms with Crippen molar-refractivity contribution >= 4 is 29.2 Å². The Morgan fingerprint density at radius 3 is 2.45 bits per heavy atom. The summed E-state index contributed by atoms with van der Waals surface area (Å²) >= 11 is 6.27. The summed E-state index contributed by atoms with van der Waals surface area (Å²) in [5.41, 5.74) is -0.0766. The number of rotatable bonds is 4. The summed E-state index contributed by atoms with van der Waals surface area (Å²) in [6.07, 6.45) is 1.19. The molecule has 5 nitrogen and oxygen atoms in total. The Hall–Kier alpha value is -2.77.